The molecule has 0 saturated heterocycles. The highest BCUT2D eigenvalue weighted by Crippen LogP contribution is 2.38. The lowest BCUT2D eigenvalue weighted by atomic mass is 10.0. The number of unbranched alkanes of at least 4 members (excludes halogenated alkanes) is 14. The van der Waals surface area contributed by atoms with E-state index >= 15 is 0 Å². The number of hydrogen-bond acceptors (Lipinski definition) is 3. The molecule has 31 heavy (non-hydrogen) atoms. The Morgan fingerprint density at radius 1 is 0.774 bits per heavy atom. The van der Waals surface area contributed by atoms with Gasteiger partial charge in [0.25, 0.3) is 0 Å². The number of benzene rings is 1. The Labute approximate surface area is 190 Å². The summed E-state index contributed by atoms with van der Waals surface area (Å²) in [6.07, 6.45) is 20.1. The summed E-state index contributed by atoms with van der Waals surface area (Å²) in [5, 5.41) is 0. The van der Waals surface area contributed by atoms with Crippen molar-refractivity contribution in [3.63, 3.8) is 0 Å². The summed E-state index contributed by atoms with van der Waals surface area (Å²) < 4.78 is 21.1. The molecule has 0 bridgehead atoms. The molecule has 0 aromatic heterocycles. The van der Waals surface area contributed by atoms with Crippen LogP contribution in [0.5, 0.6) is 5.75 Å². The topological polar surface area (TPSA) is 76.0 Å². The molecular weight excluding hydrogens is 411 g/mol. The van der Waals surface area contributed by atoms with Crippen LogP contribution in [0.25, 0.3) is 0 Å². The van der Waals surface area contributed by atoms with Crippen LogP contribution < -0.4 is 4.74 Å². The number of rotatable bonds is 20. The maximum Gasteiger partial charge on any atom is 0.472 e. The molecule has 0 spiro atoms. The van der Waals surface area contributed by atoms with E-state index in [2.05, 4.69) is 11.4 Å². The van der Waals surface area contributed by atoms with Gasteiger partial charge in [0.15, 0.2) is 0 Å². The molecule has 1 rings (SSSR count). The molecule has 2 N–H and O–H groups in total. The zero-order chi connectivity index (χ0) is 22.8. The second-order valence-electron chi connectivity index (χ2n) is 8.59. The molecule has 0 heterocycles. The van der Waals surface area contributed by atoms with Gasteiger partial charge < -0.3 is 14.5 Å². The molecule has 5 nitrogen and oxygen atoms in total. The third kappa shape index (κ3) is 16.4. The fraction of sp³-hybridized carbons (Fsp3) is 0.760. The first kappa shape index (κ1) is 28.2. The maximum absolute atomic E-state index is 10.9. The van der Waals surface area contributed by atoms with Gasteiger partial charge in [-0.05, 0) is 31.4 Å². The van der Waals surface area contributed by atoms with E-state index in [-0.39, 0.29) is 0 Å². The van der Waals surface area contributed by atoms with E-state index in [0.717, 1.165) is 18.4 Å². The van der Waals surface area contributed by atoms with Crippen molar-refractivity contribution in [2.24, 2.45) is 0 Å². The minimum atomic E-state index is -4.55. The van der Waals surface area contributed by atoms with E-state index < -0.39 is 14.1 Å². The van der Waals surface area contributed by atoms with Gasteiger partial charge in [-0.25, -0.2) is 9.09 Å². The fourth-order valence-corrected chi connectivity index (χ4v) is 4.34. The molecule has 1 aromatic carbocycles. The number of ether oxygens (including phenoxy) is 1. The largest absolute Gasteiger partial charge is 0.472 e. The molecule has 180 valence electrons. The molecule has 0 fully saturated rings. The van der Waals surface area contributed by atoms with E-state index in [9.17, 15) is 4.57 Å². The minimum absolute atomic E-state index is 0.633. The number of phosphoric ester groups is 1. The highest BCUT2D eigenvalue weighted by atomic mass is 31.2. The molecule has 0 radical (unpaired) electrons. The fourth-order valence-electron chi connectivity index (χ4n) is 3.91. The quantitative estimate of drug-likeness (QED) is 0.118. The zero-order valence-electron chi connectivity index (χ0n) is 19.8. The standard InChI is InChI=1S/C25H45O5P/c1-3-4-5-6-7-8-9-10-11-12-13-14-15-16-17-20-24-21-18-19-22-25(24)29-23(2)30-31(26,27)28/h18-19,21-23H,3-17,20H2,1-2H3,(H2,26,27,28). The summed E-state index contributed by atoms with van der Waals surface area (Å²) >= 11 is 0. The number of aryl methyl sites for hydroxylation is 1. The van der Waals surface area contributed by atoms with Gasteiger partial charge in [0.1, 0.15) is 5.75 Å². The van der Waals surface area contributed by atoms with Gasteiger partial charge >= 0.3 is 7.82 Å². The lowest BCUT2D eigenvalue weighted by Crippen LogP contribution is -2.15. The molecule has 6 heteroatoms. The second-order valence-corrected chi connectivity index (χ2v) is 9.78. The first-order valence-electron chi connectivity index (χ1n) is 12.4. The van der Waals surface area contributed by atoms with E-state index in [4.69, 9.17) is 14.5 Å². The van der Waals surface area contributed by atoms with Gasteiger partial charge in [-0.1, -0.05) is 115 Å². The Bertz CT molecular complexity index is 601. The smallest absolute Gasteiger partial charge is 0.464 e. The molecule has 1 unspecified atom stereocenters. The van der Waals surface area contributed by atoms with Crippen LogP contribution in [0.1, 0.15) is 116 Å². The zero-order valence-corrected chi connectivity index (χ0v) is 20.7. The van der Waals surface area contributed by atoms with Crippen molar-refractivity contribution in [3.8, 4) is 5.75 Å². The van der Waals surface area contributed by atoms with E-state index in [1.807, 2.05) is 24.3 Å². The Morgan fingerprint density at radius 3 is 1.71 bits per heavy atom. The van der Waals surface area contributed by atoms with Crippen LogP contribution in [0, 0.1) is 0 Å². The highest BCUT2D eigenvalue weighted by Gasteiger charge is 2.20. The van der Waals surface area contributed by atoms with Crippen molar-refractivity contribution >= 4 is 7.82 Å². The third-order valence-electron chi connectivity index (χ3n) is 5.60. The van der Waals surface area contributed by atoms with Crippen LogP contribution in [-0.2, 0) is 15.5 Å². The normalized spacial score (nSPS) is 12.8. The first-order valence-corrected chi connectivity index (χ1v) is 13.9. The molecule has 1 aromatic rings. The van der Waals surface area contributed by atoms with E-state index in [0.29, 0.717) is 5.75 Å². The van der Waals surface area contributed by atoms with Crippen LogP contribution in [-0.4, -0.2) is 16.1 Å². The van der Waals surface area contributed by atoms with Crippen molar-refractivity contribution in [3.05, 3.63) is 29.8 Å². The summed E-state index contributed by atoms with van der Waals surface area (Å²) in [6.45, 7) is 3.76. The van der Waals surface area contributed by atoms with Gasteiger partial charge in [-0.15, -0.1) is 0 Å². The Balaban J connectivity index is 2.04. The predicted molar refractivity (Wildman–Crippen MR) is 128 cm³/mol. The van der Waals surface area contributed by atoms with Gasteiger partial charge in [0.05, 0.1) is 0 Å². The number of phosphoric acid groups is 1. The number of para-hydroxylation sites is 1. The Hall–Kier alpha value is -0.870. The first-order chi connectivity index (χ1) is 14.9. The summed E-state index contributed by atoms with van der Waals surface area (Å²) in [5.41, 5.74) is 1.05. The molecule has 0 aliphatic heterocycles. The summed E-state index contributed by atoms with van der Waals surface area (Å²) in [5.74, 6) is 0.633. The average Bonchev–Trinajstić information content (AvgIpc) is 2.70. The summed E-state index contributed by atoms with van der Waals surface area (Å²) in [7, 11) is -4.55. The van der Waals surface area contributed by atoms with Crippen molar-refractivity contribution in [1.29, 1.82) is 0 Å². The van der Waals surface area contributed by atoms with Gasteiger partial charge in [0.2, 0.25) is 6.29 Å². The summed E-state index contributed by atoms with van der Waals surface area (Å²) in [4.78, 5) is 17.8. The van der Waals surface area contributed by atoms with E-state index in [1.165, 1.54) is 96.8 Å². The van der Waals surface area contributed by atoms with Crippen LogP contribution in [0.2, 0.25) is 0 Å². The molecular formula is C25H45O5P. The molecule has 0 saturated carbocycles. The Kier molecular flexibility index (Phi) is 16.0. The SMILES string of the molecule is CCCCCCCCCCCCCCCCCc1ccccc1OC(C)OP(=O)(O)O. The molecule has 0 aliphatic carbocycles. The summed E-state index contributed by atoms with van der Waals surface area (Å²) in [6, 6.07) is 7.64. The van der Waals surface area contributed by atoms with Crippen molar-refractivity contribution in [1.82, 2.24) is 0 Å². The lowest BCUT2D eigenvalue weighted by Gasteiger charge is -2.18. The van der Waals surface area contributed by atoms with Crippen LogP contribution in [0.4, 0.5) is 0 Å². The van der Waals surface area contributed by atoms with Crippen molar-refractivity contribution < 1.29 is 23.6 Å². The Morgan fingerprint density at radius 2 is 1.23 bits per heavy atom. The van der Waals surface area contributed by atoms with Crippen molar-refractivity contribution in [2.45, 2.75) is 123 Å². The molecule has 0 amide bonds. The minimum Gasteiger partial charge on any atom is -0.464 e. The van der Waals surface area contributed by atoms with Gasteiger partial charge in [0, 0.05) is 0 Å². The predicted octanol–water partition coefficient (Wildman–Crippen LogP) is 7.93. The second kappa shape index (κ2) is 17.7. The van der Waals surface area contributed by atoms with E-state index in [1.54, 1.807) is 0 Å². The lowest BCUT2D eigenvalue weighted by molar-refractivity contribution is -0.00148. The van der Waals surface area contributed by atoms with Crippen molar-refractivity contribution in [2.75, 3.05) is 0 Å². The van der Waals surface area contributed by atoms with Crippen LogP contribution in [0.15, 0.2) is 24.3 Å². The number of hydrogen-bond donors (Lipinski definition) is 2. The third-order valence-corrected chi connectivity index (χ3v) is 6.17. The van der Waals surface area contributed by atoms with Gasteiger partial charge in [-0.3, -0.25) is 0 Å². The average molecular weight is 457 g/mol. The monoisotopic (exact) mass is 456 g/mol. The van der Waals surface area contributed by atoms with Crippen LogP contribution in [0.3, 0.4) is 0 Å². The highest BCUT2D eigenvalue weighted by molar-refractivity contribution is 7.46. The molecule has 1 atom stereocenters. The molecule has 0 aliphatic rings. The van der Waals surface area contributed by atoms with Gasteiger partial charge in [-0.2, -0.15) is 0 Å². The maximum atomic E-state index is 10.9. The van der Waals surface area contributed by atoms with Crippen LogP contribution >= 0.6 is 7.82 Å².